The third-order valence-electron chi connectivity index (χ3n) is 10.0. The summed E-state index contributed by atoms with van der Waals surface area (Å²) in [4.78, 5) is 80.2. The molecule has 2 aromatic carbocycles. The first-order valence-corrected chi connectivity index (χ1v) is 21.0. The molecule has 4 amide bonds. The van der Waals surface area contributed by atoms with E-state index >= 15 is 0 Å². The number of carbonyl (C=O) groups is 6. The van der Waals surface area contributed by atoms with E-state index < -0.39 is 30.2 Å². The van der Waals surface area contributed by atoms with Crippen LogP contribution in [0.15, 0.2) is 48.6 Å². The second-order valence-electron chi connectivity index (χ2n) is 15.5. The van der Waals surface area contributed by atoms with Gasteiger partial charge in [-0.15, -0.1) is 0 Å². The molecular formula is C45H62N4O13. The highest BCUT2D eigenvalue weighted by Gasteiger charge is 2.47. The van der Waals surface area contributed by atoms with Crippen LogP contribution in [0.3, 0.4) is 0 Å². The quantitative estimate of drug-likeness (QED) is 0.0975. The molecule has 0 aliphatic carbocycles. The summed E-state index contributed by atoms with van der Waals surface area (Å²) >= 11 is 0. The predicted octanol–water partition coefficient (Wildman–Crippen LogP) is 3.71. The maximum atomic E-state index is 14.4. The molecule has 2 N–H and O–H groups in total. The van der Waals surface area contributed by atoms with Crippen molar-refractivity contribution in [3.63, 3.8) is 0 Å². The van der Waals surface area contributed by atoms with Gasteiger partial charge in [0.05, 0.1) is 63.5 Å². The molecule has 1 fully saturated rings. The highest BCUT2D eigenvalue weighted by Crippen LogP contribution is 2.40. The van der Waals surface area contributed by atoms with E-state index in [-0.39, 0.29) is 93.9 Å². The molecular weight excluding hydrogens is 805 g/mol. The Labute approximate surface area is 363 Å². The maximum Gasteiger partial charge on any atom is 0.416 e. The SMILES string of the molecule is C=C1C[C@H]2[C@H](OCCNC(=O)COCC(=O)NCCOCCOCCOC)N(C(=O)OCc3ccc(CC(=O)C(C)C)cc3)c3cc(OCCCC(C)=O)c(C)cc3C(=O)N2C1. The lowest BCUT2D eigenvalue weighted by Gasteiger charge is -2.35. The fourth-order valence-electron chi connectivity index (χ4n) is 6.67. The highest BCUT2D eigenvalue weighted by molar-refractivity contribution is 6.06. The van der Waals surface area contributed by atoms with Gasteiger partial charge in [0.2, 0.25) is 11.8 Å². The van der Waals surface area contributed by atoms with Gasteiger partial charge in [-0.3, -0.25) is 19.2 Å². The average Bonchev–Trinajstić information content (AvgIpc) is 3.60. The molecule has 4 rings (SSSR count). The van der Waals surface area contributed by atoms with E-state index in [0.717, 1.165) is 11.1 Å². The zero-order valence-electron chi connectivity index (χ0n) is 36.6. The molecule has 0 radical (unpaired) electrons. The number of hydrogen-bond acceptors (Lipinski definition) is 13. The molecule has 2 aliphatic rings. The number of carbonyl (C=O) groups excluding carboxylic acids is 6. The molecule has 2 aliphatic heterocycles. The highest BCUT2D eigenvalue weighted by atomic mass is 16.6. The van der Waals surface area contributed by atoms with Crippen LogP contribution in [0.1, 0.15) is 67.1 Å². The van der Waals surface area contributed by atoms with Crippen molar-refractivity contribution in [1.82, 2.24) is 15.5 Å². The first-order valence-electron chi connectivity index (χ1n) is 21.0. The van der Waals surface area contributed by atoms with Gasteiger partial charge in [0.25, 0.3) is 5.91 Å². The van der Waals surface area contributed by atoms with Crippen LogP contribution >= 0.6 is 0 Å². The summed E-state index contributed by atoms with van der Waals surface area (Å²) in [6, 6.07) is 9.88. The fourth-order valence-corrected chi connectivity index (χ4v) is 6.67. The number of methoxy groups -OCH3 is 1. The zero-order valence-corrected chi connectivity index (χ0v) is 36.6. The largest absolute Gasteiger partial charge is 0.493 e. The average molecular weight is 867 g/mol. The van der Waals surface area contributed by atoms with Crippen molar-refractivity contribution in [1.29, 1.82) is 0 Å². The number of fused-ring (bicyclic) bond motifs is 2. The Morgan fingerprint density at radius 1 is 0.855 bits per heavy atom. The molecule has 0 aromatic heterocycles. The number of ether oxygens (including phenoxy) is 7. The lowest BCUT2D eigenvalue weighted by Crippen LogP contribution is -2.53. The third kappa shape index (κ3) is 15.6. The van der Waals surface area contributed by atoms with E-state index in [1.807, 2.05) is 26.0 Å². The van der Waals surface area contributed by atoms with Gasteiger partial charge in [0, 0.05) is 51.6 Å². The molecule has 2 heterocycles. The summed E-state index contributed by atoms with van der Waals surface area (Å²) in [5.74, 6) is -0.740. The monoisotopic (exact) mass is 866 g/mol. The van der Waals surface area contributed by atoms with Crippen molar-refractivity contribution in [2.45, 2.75) is 72.3 Å². The van der Waals surface area contributed by atoms with Gasteiger partial charge in [-0.1, -0.05) is 50.3 Å². The maximum absolute atomic E-state index is 14.4. The van der Waals surface area contributed by atoms with Crippen molar-refractivity contribution in [2.24, 2.45) is 5.92 Å². The van der Waals surface area contributed by atoms with Crippen LogP contribution in [0.5, 0.6) is 5.75 Å². The first kappa shape index (κ1) is 49.5. The number of nitrogens with zero attached hydrogens (tertiary/aromatic N) is 2. The number of aryl methyl sites for hydroxylation is 1. The van der Waals surface area contributed by atoms with E-state index in [1.165, 1.54) is 11.8 Å². The van der Waals surface area contributed by atoms with Crippen molar-refractivity contribution in [3.05, 3.63) is 70.8 Å². The zero-order chi connectivity index (χ0) is 45.0. The number of rotatable bonds is 27. The lowest BCUT2D eigenvalue weighted by atomic mass is 10.0. The second kappa shape index (κ2) is 25.7. The topological polar surface area (TPSA) is 198 Å². The van der Waals surface area contributed by atoms with E-state index in [4.69, 9.17) is 33.2 Å². The van der Waals surface area contributed by atoms with Gasteiger partial charge in [0.15, 0.2) is 6.23 Å². The lowest BCUT2D eigenvalue weighted by molar-refractivity contribution is -0.131. The Hall–Kier alpha value is -5.20. The molecule has 17 nitrogen and oxygen atoms in total. The minimum atomic E-state index is -1.08. The second-order valence-corrected chi connectivity index (χ2v) is 15.5. The Kier molecular flexibility index (Phi) is 20.5. The van der Waals surface area contributed by atoms with Crippen molar-refractivity contribution in [3.8, 4) is 5.75 Å². The first-order chi connectivity index (χ1) is 29.8. The third-order valence-corrected chi connectivity index (χ3v) is 10.0. The number of benzene rings is 2. The minimum absolute atomic E-state index is 0.0127. The Morgan fingerprint density at radius 3 is 2.16 bits per heavy atom. The number of nitrogens with one attached hydrogen (secondary N) is 2. The summed E-state index contributed by atoms with van der Waals surface area (Å²) in [6.07, 6.45) is -0.399. The van der Waals surface area contributed by atoms with Crippen molar-refractivity contribution < 1.29 is 61.9 Å². The number of hydrogen-bond donors (Lipinski definition) is 2. The van der Waals surface area contributed by atoms with E-state index in [0.29, 0.717) is 69.0 Å². The van der Waals surface area contributed by atoms with Gasteiger partial charge in [0.1, 0.15) is 37.1 Å². The Bertz CT molecular complexity index is 1850. The molecule has 2 aromatic rings. The van der Waals surface area contributed by atoms with Gasteiger partial charge in [-0.25, -0.2) is 9.69 Å². The van der Waals surface area contributed by atoms with E-state index in [2.05, 4.69) is 17.2 Å². The summed E-state index contributed by atoms with van der Waals surface area (Å²) in [5.41, 5.74) is 3.42. The Balaban J connectivity index is 1.43. The van der Waals surface area contributed by atoms with E-state index in [1.54, 1.807) is 43.2 Å². The normalized spacial score (nSPS) is 15.8. The predicted molar refractivity (Wildman–Crippen MR) is 228 cm³/mol. The Morgan fingerprint density at radius 2 is 1.50 bits per heavy atom. The smallest absolute Gasteiger partial charge is 0.416 e. The number of ketones is 2. The summed E-state index contributed by atoms with van der Waals surface area (Å²) in [6.45, 7) is 13.1. The summed E-state index contributed by atoms with van der Waals surface area (Å²) in [7, 11) is 1.59. The summed E-state index contributed by atoms with van der Waals surface area (Å²) in [5, 5.41) is 5.35. The van der Waals surface area contributed by atoms with Crippen LogP contribution in [0.2, 0.25) is 0 Å². The van der Waals surface area contributed by atoms with Crippen LogP contribution in [0.4, 0.5) is 10.5 Å². The van der Waals surface area contributed by atoms with Gasteiger partial charge in [-0.2, -0.15) is 0 Å². The fraction of sp³-hybridized carbons (Fsp3) is 0.556. The molecule has 0 spiro atoms. The molecule has 0 bridgehead atoms. The van der Waals surface area contributed by atoms with Crippen LogP contribution in [-0.2, 0) is 60.6 Å². The van der Waals surface area contributed by atoms with E-state index in [9.17, 15) is 28.8 Å². The summed E-state index contributed by atoms with van der Waals surface area (Å²) < 4.78 is 39.3. The van der Waals surface area contributed by atoms with Crippen LogP contribution < -0.4 is 20.3 Å². The van der Waals surface area contributed by atoms with Crippen molar-refractivity contribution >= 4 is 41.1 Å². The van der Waals surface area contributed by atoms with Gasteiger partial charge < -0.3 is 53.5 Å². The molecule has 62 heavy (non-hydrogen) atoms. The molecule has 1 saturated heterocycles. The van der Waals surface area contributed by atoms with Gasteiger partial charge in [-0.05, 0) is 49.4 Å². The minimum Gasteiger partial charge on any atom is -0.493 e. The van der Waals surface area contributed by atoms with Crippen LogP contribution in [-0.4, -0.2) is 139 Å². The standard InChI is InChI=1S/C45H62N4O13/c1-30(2)39(51)24-34-9-11-35(12-10-34)27-62-45(55)49-37-25-40(60-15-7-8-33(5)50)32(4)23-36(37)43(54)48-26-31(3)22-38(48)44(49)61-17-14-47-42(53)29-59-28-41(52)46-13-16-57-20-21-58-19-18-56-6/h9-12,23,25,30,38,44H,3,7-8,13-22,24,26-29H2,1-2,4-6H3,(H,46,52)(H,47,53)/t38-,44-/m0/s1. The number of Topliss-reactive ketones (excluding diaryl/α,β-unsaturated/α-hetero) is 2. The molecule has 17 heteroatoms. The van der Waals surface area contributed by atoms with Crippen LogP contribution in [0, 0.1) is 12.8 Å². The van der Waals surface area contributed by atoms with Gasteiger partial charge >= 0.3 is 6.09 Å². The number of anilines is 1. The molecule has 2 atom stereocenters. The number of amides is 4. The van der Waals surface area contributed by atoms with Crippen molar-refractivity contribution in [2.75, 3.05) is 91.1 Å². The molecule has 0 unspecified atom stereocenters. The van der Waals surface area contributed by atoms with Crippen LogP contribution in [0.25, 0.3) is 0 Å². The molecule has 0 saturated carbocycles. The molecule has 340 valence electrons.